The summed E-state index contributed by atoms with van der Waals surface area (Å²) in [6.45, 7) is -0.227. The Kier molecular flexibility index (Phi) is 3.14. The van der Waals surface area contributed by atoms with Gasteiger partial charge in [-0.25, -0.2) is 4.79 Å². The van der Waals surface area contributed by atoms with Crippen molar-refractivity contribution >= 4 is 11.9 Å². The molecule has 0 spiro atoms. The first-order valence-electron chi connectivity index (χ1n) is 5.79. The molecule has 2 saturated carbocycles. The predicted molar refractivity (Wildman–Crippen MR) is 55.6 cm³/mol. The van der Waals surface area contributed by atoms with Crippen molar-refractivity contribution in [2.24, 2.45) is 17.8 Å². The second-order valence-corrected chi connectivity index (χ2v) is 4.70. The monoisotopic (exact) mass is 227 g/mol. The molecule has 0 aromatic rings. The number of nitrogens with one attached hydrogen (secondary N) is 1. The minimum atomic E-state index is -1.08. The summed E-state index contributed by atoms with van der Waals surface area (Å²) < 4.78 is 0. The Morgan fingerprint density at radius 2 is 1.94 bits per heavy atom. The molecular weight excluding hydrogens is 210 g/mol. The number of hydrogen-bond donors (Lipinski definition) is 3. The number of carbonyl (C=O) groups is 2. The molecule has 1 amide bonds. The third-order valence-electron chi connectivity index (χ3n) is 3.74. The number of carboxylic acids is 1. The minimum Gasteiger partial charge on any atom is -0.480 e. The van der Waals surface area contributed by atoms with E-state index in [1.54, 1.807) is 0 Å². The van der Waals surface area contributed by atoms with Crippen LogP contribution >= 0.6 is 0 Å². The van der Waals surface area contributed by atoms with E-state index in [1.165, 1.54) is 6.42 Å². The van der Waals surface area contributed by atoms with Crippen molar-refractivity contribution in [1.29, 1.82) is 0 Å². The molecule has 2 rings (SSSR count). The average molecular weight is 227 g/mol. The number of aliphatic hydroxyl groups is 1. The van der Waals surface area contributed by atoms with Gasteiger partial charge in [0, 0.05) is 18.9 Å². The number of amides is 1. The van der Waals surface area contributed by atoms with E-state index < -0.39 is 12.0 Å². The van der Waals surface area contributed by atoms with Gasteiger partial charge in [-0.3, -0.25) is 4.79 Å². The Morgan fingerprint density at radius 3 is 2.44 bits per heavy atom. The molecule has 2 fully saturated rings. The van der Waals surface area contributed by atoms with E-state index in [-0.39, 0.29) is 24.9 Å². The Balaban J connectivity index is 1.84. The topological polar surface area (TPSA) is 86.6 Å². The zero-order valence-corrected chi connectivity index (χ0v) is 9.06. The third kappa shape index (κ3) is 2.04. The highest BCUT2D eigenvalue weighted by molar-refractivity contribution is 5.87. The number of fused-ring (bicyclic) bond motifs is 1. The standard InChI is InChI=1S/C11H17NO4/c13-5-4-8(11(15)16)12-10(14)9-6-2-1-3-7(6)9/h6-9,13H,1-5H2,(H,12,14)(H,15,16)/t6?,7?,8-,9?/m1/s1. The SMILES string of the molecule is O=C(N[C@H](CCO)C(=O)O)C1C2CCCC21. The zero-order valence-electron chi connectivity index (χ0n) is 9.06. The molecule has 3 atom stereocenters. The summed E-state index contributed by atoms with van der Waals surface area (Å²) in [5.41, 5.74) is 0. The van der Waals surface area contributed by atoms with Gasteiger partial charge in [0.1, 0.15) is 6.04 Å². The summed E-state index contributed by atoms with van der Waals surface area (Å²) in [6, 6.07) is -0.946. The van der Waals surface area contributed by atoms with Gasteiger partial charge in [-0.15, -0.1) is 0 Å². The lowest BCUT2D eigenvalue weighted by Gasteiger charge is -2.13. The molecule has 0 bridgehead atoms. The van der Waals surface area contributed by atoms with Crippen molar-refractivity contribution in [2.45, 2.75) is 31.7 Å². The molecule has 16 heavy (non-hydrogen) atoms. The van der Waals surface area contributed by atoms with E-state index >= 15 is 0 Å². The summed E-state index contributed by atoms with van der Waals surface area (Å²) in [5, 5.41) is 20.0. The number of rotatable bonds is 5. The first-order chi connectivity index (χ1) is 7.65. The van der Waals surface area contributed by atoms with Crippen LogP contribution in [0.15, 0.2) is 0 Å². The fourth-order valence-corrected chi connectivity index (χ4v) is 2.86. The number of hydrogen-bond acceptors (Lipinski definition) is 3. The van der Waals surface area contributed by atoms with Crippen molar-refractivity contribution in [3.8, 4) is 0 Å². The van der Waals surface area contributed by atoms with Gasteiger partial charge in [0.25, 0.3) is 0 Å². The van der Waals surface area contributed by atoms with E-state index in [2.05, 4.69) is 5.32 Å². The molecule has 2 aliphatic carbocycles. The van der Waals surface area contributed by atoms with Gasteiger partial charge in [-0.2, -0.15) is 0 Å². The Morgan fingerprint density at radius 1 is 1.31 bits per heavy atom. The van der Waals surface area contributed by atoms with Gasteiger partial charge in [0.2, 0.25) is 5.91 Å². The van der Waals surface area contributed by atoms with Crippen LogP contribution in [0.5, 0.6) is 0 Å². The van der Waals surface area contributed by atoms with Gasteiger partial charge in [0.05, 0.1) is 0 Å². The quantitative estimate of drug-likeness (QED) is 0.616. The molecule has 0 aromatic carbocycles. The van der Waals surface area contributed by atoms with E-state index in [0.29, 0.717) is 11.8 Å². The Bertz CT molecular complexity index is 294. The molecule has 0 heterocycles. The number of aliphatic carboxylic acids is 1. The molecule has 5 heteroatoms. The van der Waals surface area contributed by atoms with Crippen LogP contribution in [0.1, 0.15) is 25.7 Å². The molecule has 0 saturated heterocycles. The van der Waals surface area contributed by atoms with Gasteiger partial charge >= 0.3 is 5.97 Å². The smallest absolute Gasteiger partial charge is 0.326 e. The highest BCUT2D eigenvalue weighted by Gasteiger charge is 2.56. The first-order valence-corrected chi connectivity index (χ1v) is 5.79. The average Bonchev–Trinajstić information content (AvgIpc) is 2.72. The van der Waals surface area contributed by atoms with Gasteiger partial charge < -0.3 is 15.5 Å². The fraction of sp³-hybridized carbons (Fsp3) is 0.818. The highest BCUT2D eigenvalue weighted by Crippen LogP contribution is 2.57. The molecular formula is C11H17NO4. The van der Waals surface area contributed by atoms with Crippen LogP contribution in [0, 0.1) is 17.8 Å². The summed E-state index contributed by atoms with van der Waals surface area (Å²) in [7, 11) is 0. The summed E-state index contributed by atoms with van der Waals surface area (Å²) in [4.78, 5) is 22.5. The van der Waals surface area contributed by atoms with Crippen LogP contribution in [0.4, 0.5) is 0 Å². The highest BCUT2D eigenvalue weighted by atomic mass is 16.4. The molecule has 90 valence electrons. The van der Waals surface area contributed by atoms with E-state index in [9.17, 15) is 9.59 Å². The van der Waals surface area contributed by atoms with E-state index in [0.717, 1.165) is 12.8 Å². The molecule has 5 nitrogen and oxygen atoms in total. The van der Waals surface area contributed by atoms with Gasteiger partial charge in [-0.05, 0) is 24.7 Å². The van der Waals surface area contributed by atoms with Crippen LogP contribution < -0.4 is 5.32 Å². The van der Waals surface area contributed by atoms with Crippen LogP contribution in [0.3, 0.4) is 0 Å². The lowest BCUT2D eigenvalue weighted by Crippen LogP contribution is -2.42. The van der Waals surface area contributed by atoms with Crippen LogP contribution in [0.2, 0.25) is 0 Å². The van der Waals surface area contributed by atoms with Crippen LogP contribution in [0.25, 0.3) is 0 Å². The summed E-state index contributed by atoms with van der Waals surface area (Å²) >= 11 is 0. The number of carboxylic acid groups (broad SMARTS) is 1. The van der Waals surface area contributed by atoms with Crippen molar-refractivity contribution < 1.29 is 19.8 Å². The predicted octanol–water partition coefficient (Wildman–Crippen LogP) is -0.0157. The van der Waals surface area contributed by atoms with Crippen molar-refractivity contribution in [3.63, 3.8) is 0 Å². The summed E-state index contributed by atoms with van der Waals surface area (Å²) in [6.07, 6.45) is 3.46. The van der Waals surface area contributed by atoms with Crippen LogP contribution in [-0.2, 0) is 9.59 Å². The van der Waals surface area contributed by atoms with Crippen molar-refractivity contribution in [3.05, 3.63) is 0 Å². The molecule has 2 aliphatic rings. The summed E-state index contributed by atoms with van der Waals surface area (Å²) in [5.74, 6) is -0.204. The molecule has 0 aromatic heterocycles. The Hall–Kier alpha value is -1.10. The molecule has 0 radical (unpaired) electrons. The van der Waals surface area contributed by atoms with Crippen LogP contribution in [-0.4, -0.2) is 34.7 Å². The number of carbonyl (C=O) groups excluding carboxylic acids is 1. The maximum atomic E-state index is 11.8. The third-order valence-corrected chi connectivity index (χ3v) is 3.74. The van der Waals surface area contributed by atoms with Gasteiger partial charge in [-0.1, -0.05) is 6.42 Å². The second-order valence-electron chi connectivity index (χ2n) is 4.70. The zero-order chi connectivity index (χ0) is 11.7. The maximum absolute atomic E-state index is 11.8. The molecule has 0 aliphatic heterocycles. The van der Waals surface area contributed by atoms with E-state index in [4.69, 9.17) is 10.2 Å². The normalized spacial score (nSPS) is 32.9. The van der Waals surface area contributed by atoms with Crippen molar-refractivity contribution in [1.82, 2.24) is 5.32 Å². The number of aliphatic hydroxyl groups excluding tert-OH is 1. The second kappa shape index (κ2) is 4.41. The van der Waals surface area contributed by atoms with Gasteiger partial charge in [0.15, 0.2) is 0 Å². The molecule has 2 unspecified atom stereocenters. The van der Waals surface area contributed by atoms with Crippen molar-refractivity contribution in [2.75, 3.05) is 6.61 Å². The lowest BCUT2D eigenvalue weighted by atomic mass is 10.1. The maximum Gasteiger partial charge on any atom is 0.326 e. The lowest BCUT2D eigenvalue weighted by molar-refractivity contribution is -0.142. The largest absolute Gasteiger partial charge is 0.480 e. The molecule has 3 N–H and O–H groups in total. The fourth-order valence-electron chi connectivity index (χ4n) is 2.86. The Labute approximate surface area is 93.8 Å². The minimum absolute atomic E-state index is 0.0364. The first kappa shape index (κ1) is 11.4. The van der Waals surface area contributed by atoms with E-state index in [1.807, 2.05) is 0 Å².